The van der Waals surface area contributed by atoms with E-state index < -0.39 is 35.5 Å². The Hall–Kier alpha value is -2.58. The average Bonchev–Trinajstić information content (AvgIpc) is 2.52. The molecule has 9 heteroatoms. The first-order chi connectivity index (χ1) is 12.1. The van der Waals surface area contributed by atoms with Crippen LogP contribution in [0.2, 0.25) is 0 Å². The highest BCUT2D eigenvalue weighted by Crippen LogP contribution is 2.33. The fourth-order valence-corrected chi connectivity index (χ4v) is 2.21. The topological polar surface area (TPSA) is 81.7 Å². The van der Waals surface area contributed by atoms with Gasteiger partial charge in [0.2, 0.25) is 5.91 Å². The number of alkyl halides is 3. The maximum atomic E-state index is 12.9. The molecule has 1 rings (SSSR count). The molecule has 6 nitrogen and oxygen atoms in total. The number of ether oxygens (including phenoxy) is 2. The Bertz CT molecular complexity index is 655. The molecule has 1 N–H and O–H groups in total. The lowest BCUT2D eigenvalue weighted by Crippen LogP contribution is -2.30. The van der Waals surface area contributed by atoms with Crippen LogP contribution in [0.1, 0.15) is 31.9 Å². The van der Waals surface area contributed by atoms with Gasteiger partial charge >= 0.3 is 18.1 Å². The van der Waals surface area contributed by atoms with Gasteiger partial charge in [0.25, 0.3) is 0 Å². The lowest BCUT2D eigenvalue weighted by Gasteiger charge is -2.18. The van der Waals surface area contributed by atoms with Crippen molar-refractivity contribution in [1.29, 1.82) is 0 Å². The number of benzene rings is 1. The molecule has 0 aliphatic carbocycles. The molecule has 0 radical (unpaired) electrons. The van der Waals surface area contributed by atoms with Crippen LogP contribution in [-0.2, 0) is 36.5 Å². The maximum Gasteiger partial charge on any atom is 0.416 e. The molecule has 144 valence electrons. The van der Waals surface area contributed by atoms with Crippen LogP contribution in [0.25, 0.3) is 0 Å². The van der Waals surface area contributed by atoms with Gasteiger partial charge in [0.15, 0.2) is 5.92 Å². The number of esters is 2. The molecule has 0 unspecified atom stereocenters. The van der Waals surface area contributed by atoms with Gasteiger partial charge < -0.3 is 14.8 Å². The van der Waals surface area contributed by atoms with Crippen molar-refractivity contribution in [3.8, 4) is 0 Å². The van der Waals surface area contributed by atoms with E-state index in [1.54, 1.807) is 13.8 Å². The molecule has 0 fully saturated rings. The normalized spacial score (nSPS) is 11.2. The summed E-state index contributed by atoms with van der Waals surface area (Å²) in [5.41, 5.74) is -0.918. The van der Waals surface area contributed by atoms with E-state index in [4.69, 9.17) is 9.47 Å². The number of anilines is 1. The van der Waals surface area contributed by atoms with Crippen molar-refractivity contribution in [2.75, 3.05) is 18.5 Å². The summed E-state index contributed by atoms with van der Waals surface area (Å²) in [5.74, 6) is -3.63. The van der Waals surface area contributed by atoms with Gasteiger partial charge in [-0.05, 0) is 38.0 Å². The van der Waals surface area contributed by atoms with Gasteiger partial charge in [-0.1, -0.05) is 6.07 Å². The Labute approximate surface area is 148 Å². The third-order valence-corrected chi connectivity index (χ3v) is 3.31. The van der Waals surface area contributed by atoms with Gasteiger partial charge in [-0.15, -0.1) is 0 Å². The quantitative estimate of drug-likeness (QED) is 0.585. The van der Waals surface area contributed by atoms with E-state index in [1.165, 1.54) is 0 Å². The SMILES string of the molecule is CCOC(=O)C(Cc1ccc(C(F)(F)F)cc1NC(C)=O)C(=O)OCC. The first-order valence-corrected chi connectivity index (χ1v) is 7.91. The van der Waals surface area contributed by atoms with Gasteiger partial charge in [0.1, 0.15) is 0 Å². The van der Waals surface area contributed by atoms with E-state index in [1.807, 2.05) is 0 Å². The van der Waals surface area contributed by atoms with Crippen LogP contribution in [0.15, 0.2) is 18.2 Å². The Kier molecular flexibility index (Phi) is 7.60. The van der Waals surface area contributed by atoms with Crippen molar-refractivity contribution in [3.63, 3.8) is 0 Å². The van der Waals surface area contributed by atoms with Crippen LogP contribution in [0.5, 0.6) is 0 Å². The highest BCUT2D eigenvalue weighted by Gasteiger charge is 2.33. The molecule has 0 aliphatic rings. The molecule has 0 saturated heterocycles. The molecular formula is C17H20F3NO5. The van der Waals surface area contributed by atoms with Crippen LogP contribution in [0, 0.1) is 5.92 Å². The minimum Gasteiger partial charge on any atom is -0.465 e. The number of nitrogens with one attached hydrogen (secondary N) is 1. The van der Waals surface area contributed by atoms with Gasteiger partial charge in [0.05, 0.1) is 18.8 Å². The van der Waals surface area contributed by atoms with Crippen molar-refractivity contribution in [3.05, 3.63) is 29.3 Å². The van der Waals surface area contributed by atoms with Gasteiger partial charge in [-0.25, -0.2) is 0 Å². The summed E-state index contributed by atoms with van der Waals surface area (Å²) in [7, 11) is 0. The van der Waals surface area contributed by atoms with Crippen LogP contribution >= 0.6 is 0 Å². The van der Waals surface area contributed by atoms with E-state index in [-0.39, 0.29) is 30.9 Å². The fourth-order valence-electron chi connectivity index (χ4n) is 2.21. The van der Waals surface area contributed by atoms with Crippen LogP contribution in [-0.4, -0.2) is 31.1 Å². The summed E-state index contributed by atoms with van der Waals surface area (Å²) in [5, 5.41) is 2.29. The first-order valence-electron chi connectivity index (χ1n) is 7.91. The molecule has 1 aromatic carbocycles. The largest absolute Gasteiger partial charge is 0.465 e. The van der Waals surface area contributed by atoms with Crippen molar-refractivity contribution >= 4 is 23.5 Å². The molecule has 0 aromatic heterocycles. The molecular weight excluding hydrogens is 355 g/mol. The molecule has 0 spiro atoms. The fraction of sp³-hybridized carbons (Fsp3) is 0.471. The van der Waals surface area contributed by atoms with Crippen LogP contribution in [0.4, 0.5) is 18.9 Å². The van der Waals surface area contributed by atoms with E-state index in [2.05, 4.69) is 5.32 Å². The molecule has 0 heterocycles. The van der Waals surface area contributed by atoms with E-state index in [9.17, 15) is 27.6 Å². The van der Waals surface area contributed by atoms with Gasteiger partial charge in [0, 0.05) is 12.6 Å². The summed E-state index contributed by atoms with van der Waals surface area (Å²) in [4.78, 5) is 35.4. The Morgan fingerprint density at radius 1 is 1.08 bits per heavy atom. The monoisotopic (exact) mass is 375 g/mol. The number of carbonyl (C=O) groups excluding carboxylic acids is 3. The zero-order valence-corrected chi connectivity index (χ0v) is 14.6. The van der Waals surface area contributed by atoms with E-state index in [0.717, 1.165) is 25.1 Å². The van der Waals surface area contributed by atoms with Gasteiger partial charge in [-0.3, -0.25) is 14.4 Å². The van der Waals surface area contributed by atoms with Crippen molar-refractivity contribution in [2.24, 2.45) is 5.92 Å². The molecule has 1 aromatic rings. The summed E-state index contributed by atoms with van der Waals surface area (Å²) >= 11 is 0. The second-order valence-corrected chi connectivity index (χ2v) is 5.31. The van der Waals surface area contributed by atoms with Crippen molar-refractivity contribution in [2.45, 2.75) is 33.4 Å². The van der Waals surface area contributed by atoms with Crippen LogP contribution in [0.3, 0.4) is 0 Å². The highest BCUT2D eigenvalue weighted by atomic mass is 19.4. The Morgan fingerprint density at radius 2 is 1.62 bits per heavy atom. The summed E-state index contributed by atoms with van der Waals surface area (Å²) in [6.07, 6.45) is -4.88. The first kappa shape index (κ1) is 21.5. The third kappa shape index (κ3) is 6.05. The number of halogens is 3. The predicted octanol–water partition coefficient (Wildman–Crippen LogP) is 2.95. The molecule has 0 aliphatic heterocycles. The average molecular weight is 375 g/mol. The minimum atomic E-state index is -4.60. The number of carbonyl (C=O) groups is 3. The zero-order valence-electron chi connectivity index (χ0n) is 14.6. The zero-order chi connectivity index (χ0) is 19.9. The summed E-state index contributed by atoms with van der Waals surface area (Å²) in [6.45, 7) is 4.31. The third-order valence-electron chi connectivity index (χ3n) is 3.31. The molecule has 0 bridgehead atoms. The summed E-state index contributed by atoms with van der Waals surface area (Å²) < 4.78 is 48.4. The Morgan fingerprint density at radius 3 is 2.04 bits per heavy atom. The highest BCUT2D eigenvalue weighted by molar-refractivity contribution is 5.96. The lowest BCUT2D eigenvalue weighted by molar-refractivity contribution is -0.161. The number of rotatable bonds is 7. The van der Waals surface area contributed by atoms with Crippen molar-refractivity contribution < 1.29 is 37.0 Å². The smallest absolute Gasteiger partial charge is 0.416 e. The minimum absolute atomic E-state index is 0.0281. The maximum absolute atomic E-state index is 12.9. The molecule has 0 atom stereocenters. The van der Waals surface area contributed by atoms with Crippen molar-refractivity contribution in [1.82, 2.24) is 0 Å². The number of hydrogen-bond donors (Lipinski definition) is 1. The molecule has 0 saturated carbocycles. The standard InChI is InChI=1S/C17H20F3NO5/c1-4-25-15(23)13(16(24)26-5-2)8-11-6-7-12(17(18,19)20)9-14(11)21-10(3)22/h6-7,9,13H,4-5,8H2,1-3H3,(H,21,22). The lowest BCUT2D eigenvalue weighted by atomic mass is 9.96. The van der Waals surface area contributed by atoms with E-state index in [0.29, 0.717) is 0 Å². The number of hydrogen-bond acceptors (Lipinski definition) is 5. The number of amides is 1. The molecule has 26 heavy (non-hydrogen) atoms. The second kappa shape index (κ2) is 9.21. The molecule has 1 amide bonds. The van der Waals surface area contributed by atoms with Crippen LogP contribution < -0.4 is 5.32 Å². The summed E-state index contributed by atoms with van der Waals surface area (Å²) in [6, 6.07) is 2.68. The van der Waals surface area contributed by atoms with E-state index >= 15 is 0 Å². The predicted molar refractivity (Wildman–Crippen MR) is 86.2 cm³/mol. The van der Waals surface area contributed by atoms with Gasteiger partial charge in [-0.2, -0.15) is 13.2 Å². The second-order valence-electron chi connectivity index (χ2n) is 5.31. The Balaban J connectivity index is 3.25.